The predicted octanol–water partition coefficient (Wildman–Crippen LogP) is 4.72. The smallest absolute Gasteiger partial charge is 0.199 e. The van der Waals surface area contributed by atoms with Crippen molar-refractivity contribution < 1.29 is 4.42 Å². The second kappa shape index (κ2) is 4.78. The molecule has 2 nitrogen and oxygen atoms in total. The summed E-state index contributed by atoms with van der Waals surface area (Å²) in [5, 5.41) is 0. The zero-order valence-corrected chi connectivity index (χ0v) is 12.2. The minimum atomic E-state index is 0.191. The number of hydrogen-bond acceptors (Lipinski definition) is 2. The number of aromatic nitrogens is 1. The highest BCUT2D eigenvalue weighted by Crippen LogP contribution is 2.23. The summed E-state index contributed by atoms with van der Waals surface area (Å²) in [5.74, 6) is 0.773. The normalized spacial score (nSPS) is 11.9. The molecule has 0 radical (unpaired) electrons. The lowest BCUT2D eigenvalue weighted by Gasteiger charge is -2.18. The first kappa shape index (κ1) is 12.9. The van der Waals surface area contributed by atoms with E-state index in [1.54, 1.807) is 0 Å². The molecule has 3 rings (SSSR count). The van der Waals surface area contributed by atoms with Crippen LogP contribution in [0.15, 0.2) is 52.9 Å². The average Bonchev–Trinajstić information content (AvgIpc) is 2.80. The molecule has 0 atom stereocenters. The van der Waals surface area contributed by atoms with Gasteiger partial charge in [0.25, 0.3) is 0 Å². The van der Waals surface area contributed by atoms with Crippen molar-refractivity contribution in [3.05, 3.63) is 65.5 Å². The van der Waals surface area contributed by atoms with Gasteiger partial charge in [0.05, 0.1) is 0 Å². The van der Waals surface area contributed by atoms with Crippen LogP contribution in [0.2, 0.25) is 0 Å². The second-order valence-electron chi connectivity index (χ2n) is 6.20. The second-order valence-corrected chi connectivity index (χ2v) is 6.20. The van der Waals surface area contributed by atoms with Crippen LogP contribution < -0.4 is 0 Å². The zero-order chi connectivity index (χ0) is 14.2. The Kier molecular flexibility index (Phi) is 3.09. The SMILES string of the molecule is CC(C)(C)c1ccc(Cc2nc3ccccc3o2)cc1. The first-order chi connectivity index (χ1) is 9.52. The van der Waals surface area contributed by atoms with Crippen LogP contribution in [0.4, 0.5) is 0 Å². The Bertz CT molecular complexity index is 684. The van der Waals surface area contributed by atoms with E-state index in [1.807, 2.05) is 24.3 Å². The molecule has 1 aromatic heterocycles. The number of nitrogens with zero attached hydrogens (tertiary/aromatic N) is 1. The number of rotatable bonds is 2. The van der Waals surface area contributed by atoms with E-state index in [0.29, 0.717) is 0 Å². The fourth-order valence-corrected chi connectivity index (χ4v) is 2.29. The molecule has 0 aliphatic rings. The van der Waals surface area contributed by atoms with Gasteiger partial charge in [-0.05, 0) is 28.7 Å². The summed E-state index contributed by atoms with van der Waals surface area (Å²) in [6.45, 7) is 6.68. The van der Waals surface area contributed by atoms with Gasteiger partial charge in [-0.2, -0.15) is 0 Å². The van der Waals surface area contributed by atoms with Crippen molar-refractivity contribution >= 4 is 11.1 Å². The Labute approximate surface area is 119 Å². The van der Waals surface area contributed by atoms with E-state index < -0.39 is 0 Å². The fourth-order valence-electron chi connectivity index (χ4n) is 2.29. The summed E-state index contributed by atoms with van der Waals surface area (Å²) < 4.78 is 5.76. The van der Waals surface area contributed by atoms with Gasteiger partial charge in [-0.15, -0.1) is 0 Å². The van der Waals surface area contributed by atoms with Crippen LogP contribution in [-0.2, 0) is 11.8 Å². The van der Waals surface area contributed by atoms with E-state index in [1.165, 1.54) is 11.1 Å². The summed E-state index contributed by atoms with van der Waals surface area (Å²) in [6.07, 6.45) is 0.735. The van der Waals surface area contributed by atoms with Crippen LogP contribution in [0.25, 0.3) is 11.1 Å². The van der Waals surface area contributed by atoms with E-state index in [-0.39, 0.29) is 5.41 Å². The third kappa shape index (κ3) is 2.60. The van der Waals surface area contributed by atoms with Gasteiger partial charge in [0.1, 0.15) is 5.52 Å². The van der Waals surface area contributed by atoms with Gasteiger partial charge in [0.15, 0.2) is 11.5 Å². The fraction of sp³-hybridized carbons (Fsp3) is 0.278. The van der Waals surface area contributed by atoms with Gasteiger partial charge in [0.2, 0.25) is 0 Å². The Morgan fingerprint density at radius 3 is 2.30 bits per heavy atom. The number of para-hydroxylation sites is 2. The largest absolute Gasteiger partial charge is 0.440 e. The standard InChI is InChI=1S/C18H19NO/c1-18(2,3)14-10-8-13(9-11-14)12-17-19-15-6-4-5-7-16(15)20-17/h4-11H,12H2,1-3H3. The lowest BCUT2D eigenvalue weighted by Crippen LogP contribution is -2.10. The zero-order valence-electron chi connectivity index (χ0n) is 12.2. The summed E-state index contributed by atoms with van der Waals surface area (Å²) in [4.78, 5) is 4.51. The molecule has 0 unspecified atom stereocenters. The number of fused-ring (bicyclic) bond motifs is 1. The van der Waals surface area contributed by atoms with Crippen molar-refractivity contribution in [3.63, 3.8) is 0 Å². The topological polar surface area (TPSA) is 26.0 Å². The lowest BCUT2D eigenvalue weighted by atomic mass is 9.86. The maximum Gasteiger partial charge on any atom is 0.199 e. The van der Waals surface area contributed by atoms with Gasteiger partial charge in [-0.1, -0.05) is 57.2 Å². The molecule has 20 heavy (non-hydrogen) atoms. The maximum atomic E-state index is 5.76. The Hall–Kier alpha value is -2.09. The molecule has 3 aromatic rings. The van der Waals surface area contributed by atoms with Crippen molar-refractivity contribution in [2.75, 3.05) is 0 Å². The predicted molar refractivity (Wildman–Crippen MR) is 82.0 cm³/mol. The molecule has 0 amide bonds. The molecule has 0 spiro atoms. The van der Waals surface area contributed by atoms with Crippen LogP contribution in [-0.4, -0.2) is 4.98 Å². The first-order valence-corrected chi connectivity index (χ1v) is 6.96. The van der Waals surface area contributed by atoms with Crippen molar-refractivity contribution in [2.24, 2.45) is 0 Å². The Morgan fingerprint density at radius 2 is 1.65 bits per heavy atom. The van der Waals surface area contributed by atoms with E-state index in [4.69, 9.17) is 4.42 Å². The molecular weight excluding hydrogens is 246 g/mol. The number of benzene rings is 2. The van der Waals surface area contributed by atoms with Crippen molar-refractivity contribution in [3.8, 4) is 0 Å². The van der Waals surface area contributed by atoms with Gasteiger partial charge >= 0.3 is 0 Å². The quantitative estimate of drug-likeness (QED) is 0.670. The molecule has 2 heteroatoms. The maximum absolute atomic E-state index is 5.76. The van der Waals surface area contributed by atoms with Crippen molar-refractivity contribution in [2.45, 2.75) is 32.6 Å². The van der Waals surface area contributed by atoms with Gasteiger partial charge < -0.3 is 4.42 Å². The molecule has 2 aromatic carbocycles. The van der Waals surface area contributed by atoms with Crippen LogP contribution in [0, 0.1) is 0 Å². The summed E-state index contributed by atoms with van der Waals surface area (Å²) in [7, 11) is 0. The van der Waals surface area contributed by atoms with Gasteiger partial charge in [0, 0.05) is 6.42 Å². The molecule has 0 saturated heterocycles. The van der Waals surface area contributed by atoms with Crippen LogP contribution in [0.1, 0.15) is 37.8 Å². The molecule has 0 saturated carbocycles. The molecule has 0 N–H and O–H groups in total. The number of hydrogen-bond donors (Lipinski definition) is 0. The molecule has 0 bridgehead atoms. The minimum absolute atomic E-state index is 0.191. The molecule has 0 aliphatic carbocycles. The molecular formula is C18H19NO. The average molecular weight is 265 g/mol. The van der Waals surface area contributed by atoms with Crippen LogP contribution >= 0.6 is 0 Å². The van der Waals surface area contributed by atoms with E-state index in [2.05, 4.69) is 50.0 Å². The third-order valence-electron chi connectivity index (χ3n) is 3.51. The molecule has 0 aliphatic heterocycles. The monoisotopic (exact) mass is 265 g/mol. The number of oxazole rings is 1. The van der Waals surface area contributed by atoms with E-state index >= 15 is 0 Å². The summed E-state index contributed by atoms with van der Waals surface area (Å²) in [6, 6.07) is 16.6. The first-order valence-electron chi connectivity index (χ1n) is 6.96. The minimum Gasteiger partial charge on any atom is -0.440 e. The van der Waals surface area contributed by atoms with Crippen molar-refractivity contribution in [1.82, 2.24) is 4.98 Å². The van der Waals surface area contributed by atoms with Crippen LogP contribution in [0.5, 0.6) is 0 Å². The highest BCUT2D eigenvalue weighted by Gasteiger charge is 2.13. The molecule has 1 heterocycles. The highest BCUT2D eigenvalue weighted by atomic mass is 16.3. The Morgan fingerprint density at radius 1 is 0.950 bits per heavy atom. The highest BCUT2D eigenvalue weighted by molar-refractivity contribution is 5.72. The molecule has 0 fully saturated rings. The van der Waals surface area contributed by atoms with Gasteiger partial charge in [-0.25, -0.2) is 4.98 Å². The van der Waals surface area contributed by atoms with E-state index in [9.17, 15) is 0 Å². The van der Waals surface area contributed by atoms with Crippen LogP contribution in [0.3, 0.4) is 0 Å². The third-order valence-corrected chi connectivity index (χ3v) is 3.51. The summed E-state index contributed by atoms with van der Waals surface area (Å²) in [5.41, 5.74) is 4.54. The summed E-state index contributed by atoms with van der Waals surface area (Å²) >= 11 is 0. The van der Waals surface area contributed by atoms with Crippen molar-refractivity contribution in [1.29, 1.82) is 0 Å². The molecule has 102 valence electrons. The van der Waals surface area contributed by atoms with E-state index in [0.717, 1.165) is 23.4 Å². The van der Waals surface area contributed by atoms with Gasteiger partial charge in [-0.3, -0.25) is 0 Å². The Balaban J connectivity index is 1.84. The lowest BCUT2D eigenvalue weighted by molar-refractivity contribution is 0.544.